The fourth-order valence-electron chi connectivity index (χ4n) is 2.21. The van der Waals surface area contributed by atoms with Crippen LogP contribution in [0.2, 0.25) is 5.15 Å². The summed E-state index contributed by atoms with van der Waals surface area (Å²) in [7, 11) is 0. The minimum Gasteiger partial charge on any atom is -0.399 e. The van der Waals surface area contributed by atoms with E-state index in [9.17, 15) is 0 Å². The summed E-state index contributed by atoms with van der Waals surface area (Å²) in [4.78, 5) is 4.30. The maximum absolute atomic E-state index is 5.89. The van der Waals surface area contributed by atoms with E-state index in [0.29, 0.717) is 16.1 Å². The standard InChI is InChI=1S/C12H17ClN2S/c1-8-3-2-4-10(5-8)16-12-7-9(14)6-11(13)15-12/h6-8,10H,2-5H2,1H3,(H2,14,15). The first-order valence-corrected chi connectivity index (χ1v) is 6.99. The second-order valence-electron chi connectivity index (χ2n) is 4.57. The zero-order valence-corrected chi connectivity index (χ0v) is 11.0. The monoisotopic (exact) mass is 256 g/mol. The van der Waals surface area contributed by atoms with Crippen molar-refractivity contribution in [1.82, 2.24) is 4.98 Å². The number of halogens is 1. The van der Waals surface area contributed by atoms with Crippen molar-refractivity contribution in [2.75, 3.05) is 5.73 Å². The van der Waals surface area contributed by atoms with E-state index in [1.807, 2.05) is 17.8 Å². The van der Waals surface area contributed by atoms with E-state index >= 15 is 0 Å². The number of nitrogens with zero attached hydrogens (tertiary/aromatic N) is 1. The highest BCUT2D eigenvalue weighted by Crippen LogP contribution is 2.36. The van der Waals surface area contributed by atoms with Gasteiger partial charge in [-0.3, -0.25) is 0 Å². The Kier molecular flexibility index (Phi) is 3.98. The molecule has 1 aromatic rings. The van der Waals surface area contributed by atoms with Crippen molar-refractivity contribution in [2.24, 2.45) is 5.92 Å². The van der Waals surface area contributed by atoms with Crippen molar-refractivity contribution in [2.45, 2.75) is 42.9 Å². The number of nitrogen functional groups attached to an aromatic ring is 1. The van der Waals surface area contributed by atoms with Crippen molar-refractivity contribution >= 4 is 29.1 Å². The number of pyridine rings is 1. The molecule has 0 amide bonds. The smallest absolute Gasteiger partial charge is 0.132 e. The van der Waals surface area contributed by atoms with Crippen LogP contribution in [0, 0.1) is 5.92 Å². The van der Waals surface area contributed by atoms with Crippen molar-refractivity contribution in [3.05, 3.63) is 17.3 Å². The van der Waals surface area contributed by atoms with Crippen molar-refractivity contribution in [3.8, 4) is 0 Å². The third kappa shape index (κ3) is 3.29. The van der Waals surface area contributed by atoms with Gasteiger partial charge in [0.1, 0.15) is 10.2 Å². The Labute approximate surface area is 106 Å². The third-order valence-electron chi connectivity index (χ3n) is 2.97. The molecule has 2 unspecified atom stereocenters. The molecule has 0 spiro atoms. The van der Waals surface area contributed by atoms with Gasteiger partial charge < -0.3 is 5.73 Å². The van der Waals surface area contributed by atoms with Crippen LogP contribution in [0.4, 0.5) is 5.69 Å². The van der Waals surface area contributed by atoms with E-state index in [1.54, 1.807) is 6.07 Å². The fourth-order valence-corrected chi connectivity index (χ4v) is 3.88. The number of aromatic nitrogens is 1. The maximum atomic E-state index is 5.89. The van der Waals surface area contributed by atoms with Gasteiger partial charge in [-0.1, -0.05) is 31.4 Å². The van der Waals surface area contributed by atoms with Gasteiger partial charge in [0.2, 0.25) is 0 Å². The van der Waals surface area contributed by atoms with Gasteiger partial charge >= 0.3 is 0 Å². The summed E-state index contributed by atoms with van der Waals surface area (Å²) in [6.45, 7) is 2.33. The summed E-state index contributed by atoms with van der Waals surface area (Å²) in [6.07, 6.45) is 5.25. The van der Waals surface area contributed by atoms with E-state index in [4.69, 9.17) is 17.3 Å². The lowest BCUT2D eigenvalue weighted by Crippen LogP contribution is -2.15. The Morgan fingerprint density at radius 1 is 1.44 bits per heavy atom. The maximum Gasteiger partial charge on any atom is 0.132 e. The first-order chi connectivity index (χ1) is 7.63. The average molecular weight is 257 g/mol. The van der Waals surface area contributed by atoms with Crippen LogP contribution in [-0.2, 0) is 0 Å². The van der Waals surface area contributed by atoms with E-state index < -0.39 is 0 Å². The van der Waals surface area contributed by atoms with E-state index in [1.165, 1.54) is 25.7 Å². The highest BCUT2D eigenvalue weighted by molar-refractivity contribution is 7.99. The molecule has 1 aliphatic carbocycles. The van der Waals surface area contributed by atoms with Gasteiger partial charge in [0.15, 0.2) is 0 Å². The second-order valence-corrected chi connectivity index (χ2v) is 6.28. The molecule has 1 saturated carbocycles. The molecule has 0 radical (unpaired) electrons. The Hall–Kier alpha value is -0.410. The predicted octanol–water partition coefficient (Wildman–Crippen LogP) is 3.99. The predicted molar refractivity (Wildman–Crippen MR) is 70.9 cm³/mol. The Morgan fingerprint density at radius 2 is 2.25 bits per heavy atom. The van der Waals surface area contributed by atoms with Crippen molar-refractivity contribution in [1.29, 1.82) is 0 Å². The lowest BCUT2D eigenvalue weighted by atomic mass is 9.91. The minimum absolute atomic E-state index is 0.492. The minimum atomic E-state index is 0.492. The van der Waals surface area contributed by atoms with Crippen LogP contribution >= 0.6 is 23.4 Å². The number of rotatable bonds is 2. The Bertz CT molecular complexity index is 350. The van der Waals surface area contributed by atoms with Crippen LogP contribution in [0.5, 0.6) is 0 Å². The summed E-state index contributed by atoms with van der Waals surface area (Å²) in [5.41, 5.74) is 6.45. The number of thioether (sulfide) groups is 1. The van der Waals surface area contributed by atoms with E-state index in [2.05, 4.69) is 11.9 Å². The van der Waals surface area contributed by atoms with Gasteiger partial charge in [0.25, 0.3) is 0 Å². The van der Waals surface area contributed by atoms with Gasteiger partial charge in [-0.25, -0.2) is 4.98 Å². The molecule has 2 N–H and O–H groups in total. The number of hydrogen-bond donors (Lipinski definition) is 1. The van der Waals surface area contributed by atoms with Crippen LogP contribution in [0.15, 0.2) is 17.2 Å². The van der Waals surface area contributed by atoms with Gasteiger partial charge in [0.05, 0.1) is 0 Å². The number of hydrogen-bond acceptors (Lipinski definition) is 3. The molecule has 0 saturated heterocycles. The van der Waals surface area contributed by atoms with Crippen molar-refractivity contribution in [3.63, 3.8) is 0 Å². The van der Waals surface area contributed by atoms with Crippen LogP contribution in [-0.4, -0.2) is 10.2 Å². The second kappa shape index (κ2) is 5.28. The van der Waals surface area contributed by atoms with Crippen LogP contribution in [0.25, 0.3) is 0 Å². The zero-order chi connectivity index (χ0) is 11.5. The molecule has 2 nitrogen and oxygen atoms in total. The molecule has 88 valence electrons. The van der Waals surface area contributed by atoms with E-state index in [0.717, 1.165) is 10.9 Å². The van der Waals surface area contributed by atoms with Crippen LogP contribution in [0.1, 0.15) is 32.6 Å². The van der Waals surface area contributed by atoms with Gasteiger partial charge in [-0.05, 0) is 30.9 Å². The zero-order valence-electron chi connectivity index (χ0n) is 9.45. The lowest BCUT2D eigenvalue weighted by Gasteiger charge is -2.25. The average Bonchev–Trinajstić information content (AvgIpc) is 2.15. The summed E-state index contributed by atoms with van der Waals surface area (Å²) in [5, 5.41) is 2.13. The first-order valence-electron chi connectivity index (χ1n) is 5.73. The Morgan fingerprint density at radius 3 is 2.94 bits per heavy atom. The number of nitrogens with two attached hydrogens (primary N) is 1. The van der Waals surface area contributed by atoms with Gasteiger partial charge in [-0.15, -0.1) is 11.8 Å². The van der Waals surface area contributed by atoms with Gasteiger partial charge in [-0.2, -0.15) is 0 Å². The molecule has 2 rings (SSSR count). The molecule has 0 bridgehead atoms. The molecular formula is C12H17ClN2S. The molecule has 4 heteroatoms. The molecule has 16 heavy (non-hydrogen) atoms. The molecule has 1 heterocycles. The molecule has 1 aromatic heterocycles. The van der Waals surface area contributed by atoms with Crippen LogP contribution < -0.4 is 5.73 Å². The topological polar surface area (TPSA) is 38.9 Å². The quantitative estimate of drug-likeness (QED) is 0.814. The summed E-state index contributed by atoms with van der Waals surface area (Å²) < 4.78 is 0. The van der Waals surface area contributed by atoms with Crippen LogP contribution in [0.3, 0.4) is 0 Å². The lowest BCUT2D eigenvalue weighted by molar-refractivity contribution is 0.394. The number of anilines is 1. The highest BCUT2D eigenvalue weighted by atomic mass is 35.5. The van der Waals surface area contributed by atoms with E-state index in [-0.39, 0.29) is 0 Å². The van der Waals surface area contributed by atoms with Gasteiger partial charge in [0, 0.05) is 10.9 Å². The molecule has 0 aromatic carbocycles. The molecular weight excluding hydrogens is 240 g/mol. The summed E-state index contributed by atoms with van der Waals surface area (Å²) in [6, 6.07) is 3.60. The largest absolute Gasteiger partial charge is 0.399 e. The SMILES string of the molecule is CC1CCCC(Sc2cc(N)cc(Cl)n2)C1. The molecule has 1 fully saturated rings. The Balaban J connectivity index is 2.02. The summed E-state index contributed by atoms with van der Waals surface area (Å²) >= 11 is 7.71. The fraction of sp³-hybridized carbons (Fsp3) is 0.583. The third-order valence-corrected chi connectivity index (χ3v) is 4.37. The normalized spacial score (nSPS) is 25.6. The molecule has 2 atom stereocenters. The first kappa shape index (κ1) is 12.1. The molecule has 1 aliphatic rings. The molecule has 0 aliphatic heterocycles. The highest BCUT2D eigenvalue weighted by Gasteiger charge is 2.20. The summed E-state index contributed by atoms with van der Waals surface area (Å²) in [5.74, 6) is 0.836. The van der Waals surface area contributed by atoms with Crippen molar-refractivity contribution < 1.29 is 0 Å².